The van der Waals surface area contributed by atoms with Crippen LogP contribution in [0.25, 0.3) is 0 Å². The van der Waals surface area contributed by atoms with Gasteiger partial charge in [0.05, 0.1) is 42.9 Å². The lowest BCUT2D eigenvalue weighted by Crippen LogP contribution is -2.10. The van der Waals surface area contributed by atoms with E-state index >= 15 is 0 Å². The van der Waals surface area contributed by atoms with E-state index in [1.54, 1.807) is 19.1 Å². The zero-order chi connectivity index (χ0) is 21.7. The molecule has 0 amide bonds. The highest BCUT2D eigenvalue weighted by Gasteiger charge is 2.26. The fraction of sp³-hybridized carbons (Fsp3) is 0.350. The number of nitro benzene ring substituents is 1. The zero-order valence-corrected chi connectivity index (χ0v) is 17.2. The topological polar surface area (TPSA) is 106 Å². The van der Waals surface area contributed by atoms with Crippen LogP contribution < -0.4 is 18.9 Å². The predicted octanol–water partition coefficient (Wildman–Crippen LogP) is 4.17. The fourth-order valence-electron chi connectivity index (χ4n) is 2.89. The molecular weight excluding hydrogens is 418 g/mol. The lowest BCUT2D eigenvalue weighted by atomic mass is 10.1. The van der Waals surface area contributed by atoms with Crippen LogP contribution in [0.3, 0.4) is 0 Å². The Morgan fingerprint density at radius 3 is 2.67 bits per heavy atom. The minimum Gasteiger partial charge on any atom is -0.493 e. The molecule has 1 aliphatic rings. The number of rotatable bonds is 7. The van der Waals surface area contributed by atoms with Crippen LogP contribution in [-0.2, 0) is 11.3 Å². The summed E-state index contributed by atoms with van der Waals surface area (Å²) in [4.78, 5) is 23.4. The van der Waals surface area contributed by atoms with E-state index in [1.165, 1.54) is 13.2 Å². The Balaban J connectivity index is 1.83. The van der Waals surface area contributed by atoms with Gasteiger partial charge in [-0.1, -0.05) is 11.6 Å². The van der Waals surface area contributed by atoms with Crippen molar-refractivity contribution in [2.75, 3.05) is 26.9 Å². The number of nitrogens with zero attached hydrogens (tertiary/aromatic N) is 1. The molecule has 0 atom stereocenters. The third kappa shape index (κ3) is 4.68. The molecular formula is C20H20ClNO8. The first-order chi connectivity index (χ1) is 14.4. The maximum Gasteiger partial charge on any atom is 0.345 e. The molecule has 0 bridgehead atoms. The molecule has 0 aliphatic carbocycles. The third-order valence-electron chi connectivity index (χ3n) is 4.23. The van der Waals surface area contributed by atoms with E-state index in [0.29, 0.717) is 35.3 Å². The molecule has 1 heterocycles. The van der Waals surface area contributed by atoms with Crippen LogP contribution >= 0.6 is 11.6 Å². The Morgan fingerprint density at radius 2 is 1.97 bits per heavy atom. The number of halogens is 1. The molecule has 0 saturated carbocycles. The summed E-state index contributed by atoms with van der Waals surface area (Å²) in [5, 5.41) is 11.8. The van der Waals surface area contributed by atoms with E-state index < -0.39 is 16.6 Å². The summed E-state index contributed by atoms with van der Waals surface area (Å²) < 4.78 is 27.0. The smallest absolute Gasteiger partial charge is 0.345 e. The second kappa shape index (κ2) is 9.53. The SMILES string of the molecule is CCOc1cc([N+](=O)[O-])c(C(=O)OCc2cc(Cl)c3c(c2)OCCCO3)cc1OC. The maximum absolute atomic E-state index is 12.6. The van der Waals surface area contributed by atoms with Gasteiger partial charge in [-0.25, -0.2) is 4.79 Å². The van der Waals surface area contributed by atoms with Gasteiger partial charge in [-0.05, 0) is 24.6 Å². The molecule has 10 heteroatoms. The number of benzene rings is 2. The standard InChI is InChI=1S/C20H20ClNO8/c1-3-27-17-10-15(22(24)25)13(9-16(17)26-2)20(23)30-11-12-7-14(21)19-18(8-12)28-5-4-6-29-19/h7-10H,3-6,11H2,1-2H3. The van der Waals surface area contributed by atoms with Crippen LogP contribution in [0.2, 0.25) is 5.02 Å². The number of hydrogen-bond donors (Lipinski definition) is 0. The second-order valence-corrected chi connectivity index (χ2v) is 6.65. The van der Waals surface area contributed by atoms with Crippen molar-refractivity contribution in [3.05, 3.63) is 50.5 Å². The molecule has 0 spiro atoms. The van der Waals surface area contributed by atoms with Gasteiger partial charge >= 0.3 is 5.97 Å². The maximum atomic E-state index is 12.6. The third-order valence-corrected chi connectivity index (χ3v) is 4.51. The summed E-state index contributed by atoms with van der Waals surface area (Å²) in [6.07, 6.45) is 0.721. The van der Waals surface area contributed by atoms with Crippen molar-refractivity contribution in [3.63, 3.8) is 0 Å². The number of methoxy groups -OCH3 is 1. The number of fused-ring (bicyclic) bond motifs is 1. The monoisotopic (exact) mass is 437 g/mol. The Bertz CT molecular complexity index is 962. The fourth-order valence-corrected chi connectivity index (χ4v) is 3.17. The molecule has 9 nitrogen and oxygen atoms in total. The highest BCUT2D eigenvalue weighted by molar-refractivity contribution is 6.32. The quantitative estimate of drug-likeness (QED) is 0.361. The largest absolute Gasteiger partial charge is 0.493 e. The van der Waals surface area contributed by atoms with Gasteiger partial charge in [0, 0.05) is 12.5 Å². The highest BCUT2D eigenvalue weighted by atomic mass is 35.5. The van der Waals surface area contributed by atoms with Gasteiger partial charge in [-0.15, -0.1) is 0 Å². The van der Waals surface area contributed by atoms with Gasteiger partial charge in [0.15, 0.2) is 23.0 Å². The Labute approximate surface area is 177 Å². The first-order valence-corrected chi connectivity index (χ1v) is 9.56. The molecule has 2 aromatic rings. The minimum atomic E-state index is -0.883. The van der Waals surface area contributed by atoms with Crippen LogP contribution in [0.5, 0.6) is 23.0 Å². The molecule has 1 aliphatic heterocycles. The molecule has 160 valence electrons. The van der Waals surface area contributed by atoms with E-state index in [1.807, 2.05) is 0 Å². The first kappa shape index (κ1) is 21.5. The number of ether oxygens (including phenoxy) is 5. The first-order valence-electron chi connectivity index (χ1n) is 9.19. The summed E-state index contributed by atoms with van der Waals surface area (Å²) in [7, 11) is 1.37. The van der Waals surface area contributed by atoms with Gasteiger partial charge in [0.25, 0.3) is 5.69 Å². The average molecular weight is 438 g/mol. The Kier molecular flexibility index (Phi) is 6.83. The summed E-state index contributed by atoms with van der Waals surface area (Å²) >= 11 is 6.24. The summed E-state index contributed by atoms with van der Waals surface area (Å²) in [5.41, 5.74) is -0.139. The molecule has 0 N–H and O–H groups in total. The van der Waals surface area contributed by atoms with Gasteiger partial charge in [-0.3, -0.25) is 10.1 Å². The Morgan fingerprint density at radius 1 is 1.20 bits per heavy atom. The highest BCUT2D eigenvalue weighted by Crippen LogP contribution is 2.39. The zero-order valence-electron chi connectivity index (χ0n) is 16.4. The molecule has 0 saturated heterocycles. The van der Waals surface area contributed by atoms with E-state index in [0.717, 1.165) is 12.5 Å². The number of hydrogen-bond acceptors (Lipinski definition) is 8. The van der Waals surface area contributed by atoms with Crippen LogP contribution in [0.4, 0.5) is 5.69 Å². The number of nitro groups is 1. The van der Waals surface area contributed by atoms with Crippen molar-refractivity contribution in [3.8, 4) is 23.0 Å². The minimum absolute atomic E-state index is 0.165. The average Bonchev–Trinajstić information content (AvgIpc) is 2.97. The van der Waals surface area contributed by atoms with Crippen molar-refractivity contribution in [2.45, 2.75) is 20.0 Å². The lowest BCUT2D eigenvalue weighted by molar-refractivity contribution is -0.385. The van der Waals surface area contributed by atoms with Crippen molar-refractivity contribution in [1.82, 2.24) is 0 Å². The van der Waals surface area contributed by atoms with E-state index in [-0.39, 0.29) is 30.3 Å². The van der Waals surface area contributed by atoms with E-state index in [4.69, 9.17) is 35.3 Å². The van der Waals surface area contributed by atoms with Gasteiger partial charge in [0.1, 0.15) is 12.2 Å². The number of carbonyl (C=O) groups excluding carboxylic acids is 1. The van der Waals surface area contributed by atoms with Crippen LogP contribution in [0.15, 0.2) is 24.3 Å². The van der Waals surface area contributed by atoms with Crippen molar-refractivity contribution >= 4 is 23.3 Å². The van der Waals surface area contributed by atoms with Crippen molar-refractivity contribution in [1.29, 1.82) is 0 Å². The summed E-state index contributed by atoms with van der Waals surface area (Å²) in [6, 6.07) is 5.62. The number of esters is 1. The van der Waals surface area contributed by atoms with Crippen LogP contribution in [-0.4, -0.2) is 37.8 Å². The van der Waals surface area contributed by atoms with E-state index in [9.17, 15) is 14.9 Å². The van der Waals surface area contributed by atoms with Crippen molar-refractivity contribution in [2.24, 2.45) is 0 Å². The molecule has 2 aromatic carbocycles. The van der Waals surface area contributed by atoms with E-state index in [2.05, 4.69) is 0 Å². The molecule has 0 unspecified atom stereocenters. The van der Waals surface area contributed by atoms with Gasteiger partial charge in [0.2, 0.25) is 0 Å². The predicted molar refractivity (Wildman–Crippen MR) is 107 cm³/mol. The lowest BCUT2D eigenvalue weighted by Gasteiger charge is -2.13. The van der Waals surface area contributed by atoms with Crippen LogP contribution in [0.1, 0.15) is 29.3 Å². The molecule has 0 radical (unpaired) electrons. The summed E-state index contributed by atoms with van der Waals surface area (Å²) in [5.74, 6) is 0.369. The molecule has 30 heavy (non-hydrogen) atoms. The molecule has 0 aromatic heterocycles. The summed E-state index contributed by atoms with van der Waals surface area (Å²) in [6.45, 7) is 2.81. The second-order valence-electron chi connectivity index (χ2n) is 6.24. The Hall–Kier alpha value is -3.20. The van der Waals surface area contributed by atoms with Gasteiger partial charge < -0.3 is 23.7 Å². The normalized spacial score (nSPS) is 12.6. The van der Waals surface area contributed by atoms with Crippen molar-refractivity contribution < 1.29 is 33.4 Å². The number of carbonyl (C=O) groups is 1. The molecule has 3 rings (SSSR count). The van der Waals surface area contributed by atoms with Crippen LogP contribution in [0, 0.1) is 10.1 Å². The van der Waals surface area contributed by atoms with Gasteiger partial charge in [-0.2, -0.15) is 0 Å². The molecule has 0 fully saturated rings.